The zero-order valence-electron chi connectivity index (χ0n) is 21.3. The second kappa shape index (κ2) is 12.9. The fourth-order valence-corrected chi connectivity index (χ4v) is 3.57. The molecule has 2 aliphatic rings. The molecule has 0 aromatic heterocycles. The molecule has 0 aromatic carbocycles. The first kappa shape index (κ1) is 28.7. The van der Waals surface area contributed by atoms with Crippen molar-refractivity contribution < 1.29 is 33.4 Å². The number of hydrogen-bond donors (Lipinski definition) is 4. The molecular weight excluding hydrogens is 458 g/mol. The van der Waals surface area contributed by atoms with E-state index in [-0.39, 0.29) is 43.2 Å². The van der Waals surface area contributed by atoms with Crippen molar-refractivity contribution in [2.45, 2.75) is 52.3 Å². The van der Waals surface area contributed by atoms with Crippen molar-refractivity contribution in [2.24, 2.45) is 11.8 Å². The molecule has 198 valence electrons. The van der Waals surface area contributed by atoms with Gasteiger partial charge in [0, 0.05) is 13.1 Å². The summed E-state index contributed by atoms with van der Waals surface area (Å²) in [6.07, 6.45) is 0. The van der Waals surface area contributed by atoms with Crippen LogP contribution in [0.1, 0.15) is 34.6 Å². The maximum absolute atomic E-state index is 12.6. The van der Waals surface area contributed by atoms with Gasteiger partial charge in [-0.1, -0.05) is 27.7 Å². The molecule has 35 heavy (non-hydrogen) atoms. The Balaban J connectivity index is 1.77. The van der Waals surface area contributed by atoms with Gasteiger partial charge in [0.15, 0.2) is 5.78 Å². The minimum Gasteiger partial charge on any atom is -0.379 e. The predicted octanol–water partition coefficient (Wildman–Crippen LogP) is -1.81. The number of hydrogen-bond acceptors (Lipinski definition) is 8. The van der Waals surface area contributed by atoms with Crippen molar-refractivity contribution in [3.8, 4) is 0 Å². The van der Waals surface area contributed by atoms with Crippen molar-refractivity contribution in [3.05, 3.63) is 0 Å². The molecule has 0 aliphatic carbocycles. The monoisotopic (exact) mass is 497 g/mol. The third kappa shape index (κ3) is 9.19. The van der Waals surface area contributed by atoms with Crippen LogP contribution in [0, 0.1) is 11.8 Å². The van der Waals surface area contributed by atoms with E-state index in [9.17, 15) is 24.0 Å². The number of carbonyl (C=O) groups excluding carboxylic acids is 5. The Kier molecular flexibility index (Phi) is 10.6. The van der Waals surface area contributed by atoms with Crippen LogP contribution in [0.2, 0.25) is 0 Å². The van der Waals surface area contributed by atoms with Crippen molar-refractivity contribution in [1.82, 2.24) is 26.2 Å². The third-order valence-corrected chi connectivity index (χ3v) is 5.97. The summed E-state index contributed by atoms with van der Waals surface area (Å²) in [5, 5.41) is 10.3. The van der Waals surface area contributed by atoms with Crippen molar-refractivity contribution in [1.29, 1.82) is 0 Å². The molecule has 2 heterocycles. The lowest BCUT2D eigenvalue weighted by Crippen LogP contribution is -2.55. The lowest BCUT2D eigenvalue weighted by atomic mass is 9.92. The molecule has 2 saturated heterocycles. The number of carbonyl (C=O) groups is 5. The molecule has 3 unspecified atom stereocenters. The summed E-state index contributed by atoms with van der Waals surface area (Å²) in [7, 11) is 0. The van der Waals surface area contributed by atoms with E-state index in [1.807, 2.05) is 18.7 Å². The molecule has 12 nitrogen and oxygen atoms in total. The molecule has 0 bridgehead atoms. The smallest absolute Gasteiger partial charge is 0.243 e. The number of rotatable bonds is 13. The first-order valence-corrected chi connectivity index (χ1v) is 12.0. The van der Waals surface area contributed by atoms with E-state index in [0.717, 1.165) is 0 Å². The van der Waals surface area contributed by atoms with Crippen LogP contribution in [-0.2, 0) is 33.4 Å². The SMILES string of the molecule is CC(C)C(NC(=O)CNC(=O)CN1CCOCC1)C(=O)NCC(=O)NC(C(=O)C1(C)CO1)C(C)C. The van der Waals surface area contributed by atoms with Gasteiger partial charge < -0.3 is 30.7 Å². The van der Waals surface area contributed by atoms with Gasteiger partial charge in [0.2, 0.25) is 23.6 Å². The maximum atomic E-state index is 12.6. The second-order valence-electron chi connectivity index (χ2n) is 9.85. The van der Waals surface area contributed by atoms with E-state index < -0.39 is 35.4 Å². The average Bonchev–Trinajstić information content (AvgIpc) is 3.56. The van der Waals surface area contributed by atoms with E-state index in [2.05, 4.69) is 21.3 Å². The summed E-state index contributed by atoms with van der Waals surface area (Å²) in [6.45, 7) is 11.2. The Morgan fingerprint density at radius 2 is 1.34 bits per heavy atom. The number of amides is 4. The van der Waals surface area contributed by atoms with Gasteiger partial charge in [-0.2, -0.15) is 0 Å². The minimum atomic E-state index is -0.896. The van der Waals surface area contributed by atoms with Crippen molar-refractivity contribution >= 4 is 29.4 Å². The number of morpholine rings is 1. The van der Waals surface area contributed by atoms with Gasteiger partial charge >= 0.3 is 0 Å². The van der Waals surface area contributed by atoms with Gasteiger partial charge in [-0.25, -0.2) is 0 Å². The highest BCUT2D eigenvalue weighted by Crippen LogP contribution is 2.29. The Labute approximate surface area is 206 Å². The molecule has 12 heteroatoms. The number of ether oxygens (including phenoxy) is 2. The molecule has 2 fully saturated rings. The summed E-state index contributed by atoms with van der Waals surface area (Å²) in [5.41, 5.74) is -0.865. The van der Waals surface area contributed by atoms with Gasteiger partial charge in [-0.3, -0.25) is 28.9 Å². The molecule has 4 N–H and O–H groups in total. The quantitative estimate of drug-likeness (QED) is 0.217. The standard InChI is InChI=1S/C23H39N5O7/c1-14(2)19(21(32)23(5)13-35-23)26-17(30)11-25-22(33)20(15(3)4)27-16(29)10-24-18(31)12-28-6-8-34-9-7-28/h14-15,19-20H,6-13H2,1-5H3,(H,24,31)(H,25,33)(H,26,30)(H,27,29). The van der Waals surface area contributed by atoms with E-state index in [4.69, 9.17) is 9.47 Å². The molecule has 3 atom stereocenters. The summed E-state index contributed by atoms with van der Waals surface area (Å²) >= 11 is 0. The summed E-state index contributed by atoms with van der Waals surface area (Å²) in [4.78, 5) is 63.9. The molecule has 0 radical (unpaired) electrons. The molecule has 2 aliphatic heterocycles. The maximum Gasteiger partial charge on any atom is 0.243 e. The first-order chi connectivity index (χ1) is 16.4. The Morgan fingerprint density at radius 1 is 0.829 bits per heavy atom. The zero-order valence-corrected chi connectivity index (χ0v) is 21.3. The Bertz CT molecular complexity index is 791. The lowest BCUT2D eigenvalue weighted by molar-refractivity contribution is -0.133. The van der Waals surface area contributed by atoms with Crippen LogP contribution in [0.15, 0.2) is 0 Å². The van der Waals surface area contributed by atoms with E-state index in [0.29, 0.717) is 32.9 Å². The van der Waals surface area contributed by atoms with Gasteiger partial charge in [-0.15, -0.1) is 0 Å². The minimum absolute atomic E-state index is 0.149. The molecule has 0 saturated carbocycles. The van der Waals surface area contributed by atoms with Crippen LogP contribution >= 0.6 is 0 Å². The van der Waals surface area contributed by atoms with E-state index >= 15 is 0 Å². The summed E-state index contributed by atoms with van der Waals surface area (Å²) in [5.74, 6) is -2.46. The van der Waals surface area contributed by atoms with E-state index in [1.54, 1.807) is 20.8 Å². The second-order valence-corrected chi connectivity index (χ2v) is 9.85. The number of ketones is 1. The number of Topliss-reactive ketones (excluding diaryl/α,β-unsaturated/α-hetero) is 1. The van der Waals surface area contributed by atoms with Gasteiger partial charge in [0.25, 0.3) is 0 Å². The predicted molar refractivity (Wildman–Crippen MR) is 126 cm³/mol. The van der Waals surface area contributed by atoms with Crippen LogP contribution in [-0.4, -0.2) is 105 Å². The average molecular weight is 498 g/mol. The van der Waals surface area contributed by atoms with E-state index in [1.165, 1.54) is 0 Å². The number of nitrogens with one attached hydrogen (secondary N) is 4. The fourth-order valence-electron chi connectivity index (χ4n) is 3.57. The fraction of sp³-hybridized carbons (Fsp3) is 0.783. The zero-order chi connectivity index (χ0) is 26.2. The third-order valence-electron chi connectivity index (χ3n) is 5.97. The largest absolute Gasteiger partial charge is 0.379 e. The van der Waals surface area contributed by atoms with Gasteiger partial charge in [0.05, 0.1) is 45.5 Å². The number of nitrogens with zero attached hydrogens (tertiary/aromatic N) is 1. The highest BCUT2D eigenvalue weighted by molar-refractivity contribution is 5.97. The van der Waals surface area contributed by atoms with Crippen LogP contribution in [0.25, 0.3) is 0 Å². The normalized spacial score (nSPS) is 21.7. The topological polar surface area (TPSA) is 158 Å². The Hall–Kier alpha value is -2.57. The van der Waals surface area contributed by atoms with Crippen molar-refractivity contribution in [3.63, 3.8) is 0 Å². The summed E-state index contributed by atoms with van der Waals surface area (Å²) in [6, 6.07) is -1.62. The molecule has 2 rings (SSSR count). The first-order valence-electron chi connectivity index (χ1n) is 12.0. The summed E-state index contributed by atoms with van der Waals surface area (Å²) < 4.78 is 10.4. The molecular formula is C23H39N5O7. The lowest BCUT2D eigenvalue weighted by Gasteiger charge is -2.26. The van der Waals surface area contributed by atoms with Gasteiger partial charge in [-0.05, 0) is 18.8 Å². The highest BCUT2D eigenvalue weighted by Gasteiger charge is 2.50. The Morgan fingerprint density at radius 3 is 1.86 bits per heavy atom. The van der Waals surface area contributed by atoms with Crippen LogP contribution in [0.4, 0.5) is 0 Å². The highest BCUT2D eigenvalue weighted by atomic mass is 16.6. The van der Waals surface area contributed by atoms with Crippen molar-refractivity contribution in [2.75, 3.05) is 52.5 Å². The molecule has 0 aromatic rings. The number of epoxide rings is 1. The molecule has 0 spiro atoms. The molecule has 4 amide bonds. The van der Waals surface area contributed by atoms with Gasteiger partial charge in [0.1, 0.15) is 11.6 Å². The van der Waals surface area contributed by atoms with Crippen LogP contribution < -0.4 is 21.3 Å². The van der Waals surface area contributed by atoms with Crippen LogP contribution in [0.3, 0.4) is 0 Å². The van der Waals surface area contributed by atoms with Crippen LogP contribution in [0.5, 0.6) is 0 Å².